The van der Waals surface area contributed by atoms with Crippen molar-refractivity contribution in [3.63, 3.8) is 0 Å². The molecule has 0 unspecified atom stereocenters. The molecule has 1 aromatic rings. The lowest BCUT2D eigenvalue weighted by Crippen LogP contribution is -2.26. The molecule has 2 rings (SSSR count). The molecule has 15 heavy (non-hydrogen) atoms. The van der Waals surface area contributed by atoms with Crippen molar-refractivity contribution in [2.45, 2.75) is 18.9 Å². The third kappa shape index (κ3) is 2.45. The summed E-state index contributed by atoms with van der Waals surface area (Å²) >= 11 is 0. The van der Waals surface area contributed by atoms with Crippen molar-refractivity contribution in [1.82, 2.24) is 4.98 Å². The SMILES string of the molecule is N#Cc1cccnc1OC1CCOCC1. The fourth-order valence-electron chi connectivity index (χ4n) is 1.52. The molecule has 0 amide bonds. The Balaban J connectivity index is 2.06. The summed E-state index contributed by atoms with van der Waals surface area (Å²) in [6.07, 6.45) is 3.49. The highest BCUT2D eigenvalue weighted by Crippen LogP contribution is 2.18. The lowest BCUT2D eigenvalue weighted by atomic mass is 10.1. The topological polar surface area (TPSA) is 55.1 Å². The number of hydrogen-bond acceptors (Lipinski definition) is 4. The van der Waals surface area contributed by atoms with Gasteiger partial charge in [-0.2, -0.15) is 5.26 Å². The lowest BCUT2D eigenvalue weighted by Gasteiger charge is -2.22. The third-order valence-electron chi connectivity index (χ3n) is 2.34. The summed E-state index contributed by atoms with van der Waals surface area (Å²) in [5.41, 5.74) is 0.490. The number of nitriles is 1. The molecule has 2 heterocycles. The highest BCUT2D eigenvalue weighted by atomic mass is 16.5. The van der Waals surface area contributed by atoms with E-state index in [4.69, 9.17) is 14.7 Å². The Kier molecular flexibility index (Phi) is 3.15. The minimum absolute atomic E-state index is 0.126. The van der Waals surface area contributed by atoms with E-state index in [1.54, 1.807) is 18.3 Å². The van der Waals surface area contributed by atoms with E-state index in [9.17, 15) is 0 Å². The molecule has 0 radical (unpaired) electrons. The Labute approximate surface area is 88.5 Å². The summed E-state index contributed by atoms with van der Waals surface area (Å²) in [5, 5.41) is 8.85. The van der Waals surface area contributed by atoms with E-state index in [2.05, 4.69) is 11.1 Å². The van der Waals surface area contributed by atoms with Gasteiger partial charge < -0.3 is 9.47 Å². The first-order valence-electron chi connectivity index (χ1n) is 4.99. The number of hydrogen-bond donors (Lipinski definition) is 0. The van der Waals surface area contributed by atoms with Crippen molar-refractivity contribution in [1.29, 1.82) is 5.26 Å². The van der Waals surface area contributed by atoms with E-state index < -0.39 is 0 Å². The van der Waals surface area contributed by atoms with Crippen LogP contribution in [0, 0.1) is 11.3 Å². The molecule has 0 aromatic carbocycles. The number of ether oxygens (including phenoxy) is 2. The largest absolute Gasteiger partial charge is 0.473 e. The highest BCUT2D eigenvalue weighted by Gasteiger charge is 2.17. The van der Waals surface area contributed by atoms with Crippen LogP contribution in [0.25, 0.3) is 0 Å². The molecule has 0 N–H and O–H groups in total. The summed E-state index contributed by atoms with van der Waals surface area (Å²) in [6, 6.07) is 5.51. The smallest absolute Gasteiger partial charge is 0.231 e. The van der Waals surface area contributed by atoms with Crippen LogP contribution < -0.4 is 4.74 Å². The molecule has 78 valence electrons. The molecule has 0 atom stereocenters. The molecule has 0 bridgehead atoms. The predicted octanol–water partition coefficient (Wildman–Crippen LogP) is 1.51. The standard InChI is InChI=1S/C11H12N2O2/c12-8-9-2-1-5-13-11(9)15-10-3-6-14-7-4-10/h1-2,5,10H,3-4,6-7H2. The van der Waals surface area contributed by atoms with E-state index in [-0.39, 0.29) is 6.10 Å². The summed E-state index contributed by atoms with van der Waals surface area (Å²) in [4.78, 5) is 4.06. The van der Waals surface area contributed by atoms with Crippen LogP contribution in [-0.2, 0) is 4.74 Å². The van der Waals surface area contributed by atoms with Gasteiger partial charge in [0.1, 0.15) is 17.7 Å². The Morgan fingerprint density at radius 2 is 2.27 bits per heavy atom. The predicted molar refractivity (Wildman–Crippen MR) is 53.4 cm³/mol. The maximum absolute atomic E-state index is 8.85. The molecule has 0 spiro atoms. The number of rotatable bonds is 2. The van der Waals surface area contributed by atoms with Crippen molar-refractivity contribution in [3.8, 4) is 11.9 Å². The zero-order valence-corrected chi connectivity index (χ0v) is 8.35. The average molecular weight is 204 g/mol. The Morgan fingerprint density at radius 3 is 3.00 bits per heavy atom. The molecule has 4 nitrogen and oxygen atoms in total. The Bertz CT molecular complexity index is 367. The first-order chi connectivity index (χ1) is 7.40. The summed E-state index contributed by atoms with van der Waals surface area (Å²) in [7, 11) is 0. The normalized spacial score (nSPS) is 17.0. The van der Waals surface area contributed by atoms with Gasteiger partial charge in [-0.3, -0.25) is 0 Å². The van der Waals surface area contributed by atoms with Gasteiger partial charge in [0.2, 0.25) is 5.88 Å². The number of aromatic nitrogens is 1. The van der Waals surface area contributed by atoms with Crippen LogP contribution in [-0.4, -0.2) is 24.3 Å². The highest BCUT2D eigenvalue weighted by molar-refractivity contribution is 5.37. The maximum Gasteiger partial charge on any atom is 0.231 e. The minimum Gasteiger partial charge on any atom is -0.473 e. The fourth-order valence-corrected chi connectivity index (χ4v) is 1.52. The summed E-state index contributed by atoms with van der Waals surface area (Å²) in [5.74, 6) is 0.437. The van der Waals surface area contributed by atoms with Gasteiger partial charge in [0.05, 0.1) is 13.2 Å². The van der Waals surface area contributed by atoms with E-state index in [0.717, 1.165) is 26.1 Å². The van der Waals surface area contributed by atoms with E-state index in [0.29, 0.717) is 11.4 Å². The number of nitrogens with zero attached hydrogens (tertiary/aromatic N) is 2. The monoisotopic (exact) mass is 204 g/mol. The van der Waals surface area contributed by atoms with Gasteiger partial charge in [-0.1, -0.05) is 0 Å². The summed E-state index contributed by atoms with van der Waals surface area (Å²) in [6.45, 7) is 1.44. The van der Waals surface area contributed by atoms with Crippen LogP contribution in [0.5, 0.6) is 5.88 Å². The molecular formula is C11H12N2O2. The van der Waals surface area contributed by atoms with Crippen LogP contribution in [0.15, 0.2) is 18.3 Å². The van der Waals surface area contributed by atoms with Crippen molar-refractivity contribution >= 4 is 0 Å². The van der Waals surface area contributed by atoms with Crippen LogP contribution in [0.2, 0.25) is 0 Å². The van der Waals surface area contributed by atoms with Gasteiger partial charge in [-0.25, -0.2) is 4.98 Å². The van der Waals surface area contributed by atoms with Crippen LogP contribution in [0.4, 0.5) is 0 Å². The van der Waals surface area contributed by atoms with Gasteiger partial charge in [0.25, 0.3) is 0 Å². The van der Waals surface area contributed by atoms with E-state index >= 15 is 0 Å². The average Bonchev–Trinajstić information content (AvgIpc) is 2.31. The van der Waals surface area contributed by atoms with E-state index in [1.807, 2.05) is 0 Å². The van der Waals surface area contributed by atoms with Crippen molar-refractivity contribution in [3.05, 3.63) is 23.9 Å². The quantitative estimate of drug-likeness (QED) is 0.732. The van der Waals surface area contributed by atoms with Crippen LogP contribution >= 0.6 is 0 Å². The van der Waals surface area contributed by atoms with Gasteiger partial charge in [0, 0.05) is 19.0 Å². The van der Waals surface area contributed by atoms with Gasteiger partial charge in [0.15, 0.2) is 0 Å². The maximum atomic E-state index is 8.85. The lowest BCUT2D eigenvalue weighted by molar-refractivity contribution is 0.0236. The minimum atomic E-state index is 0.126. The van der Waals surface area contributed by atoms with Crippen LogP contribution in [0.1, 0.15) is 18.4 Å². The van der Waals surface area contributed by atoms with Crippen molar-refractivity contribution in [2.24, 2.45) is 0 Å². The van der Waals surface area contributed by atoms with Crippen molar-refractivity contribution in [2.75, 3.05) is 13.2 Å². The molecule has 4 heteroatoms. The first-order valence-corrected chi connectivity index (χ1v) is 4.99. The number of pyridine rings is 1. The molecule has 1 aliphatic heterocycles. The van der Waals surface area contributed by atoms with Gasteiger partial charge in [-0.05, 0) is 12.1 Å². The molecule has 0 saturated carbocycles. The molecule has 1 saturated heterocycles. The first kappa shape index (κ1) is 9.94. The summed E-state index contributed by atoms with van der Waals surface area (Å²) < 4.78 is 10.9. The van der Waals surface area contributed by atoms with Gasteiger partial charge >= 0.3 is 0 Å². The molecule has 0 aliphatic carbocycles. The second kappa shape index (κ2) is 4.76. The Morgan fingerprint density at radius 1 is 1.47 bits per heavy atom. The Hall–Kier alpha value is -1.60. The molecule has 1 aromatic heterocycles. The zero-order valence-electron chi connectivity index (χ0n) is 8.35. The molecular weight excluding hydrogens is 192 g/mol. The second-order valence-corrected chi connectivity index (χ2v) is 3.40. The zero-order chi connectivity index (χ0) is 10.5. The second-order valence-electron chi connectivity index (χ2n) is 3.40. The third-order valence-corrected chi connectivity index (χ3v) is 2.34. The van der Waals surface area contributed by atoms with Crippen molar-refractivity contribution < 1.29 is 9.47 Å². The fraction of sp³-hybridized carbons (Fsp3) is 0.455. The molecule has 1 aliphatic rings. The molecule has 1 fully saturated rings. The van der Waals surface area contributed by atoms with Gasteiger partial charge in [-0.15, -0.1) is 0 Å². The van der Waals surface area contributed by atoms with Crippen LogP contribution in [0.3, 0.4) is 0 Å². The van der Waals surface area contributed by atoms with E-state index in [1.165, 1.54) is 0 Å².